The average molecular weight is 201 g/mol. The maximum atomic E-state index is 10.8. The molecule has 1 amide bonds. The van der Waals surface area contributed by atoms with Gasteiger partial charge in [0.05, 0.1) is 23.5 Å². The minimum Gasteiger partial charge on any atom is -0.453 e. The molecule has 0 heterocycles. The molecule has 0 bridgehead atoms. The molecule has 4 nitrogen and oxygen atoms in total. The van der Waals surface area contributed by atoms with Crippen LogP contribution < -0.4 is 11.1 Å². The normalized spacial score (nSPS) is 9.38. The van der Waals surface area contributed by atoms with Crippen LogP contribution in [0.1, 0.15) is 0 Å². The van der Waals surface area contributed by atoms with Gasteiger partial charge in [-0.25, -0.2) is 4.79 Å². The summed E-state index contributed by atoms with van der Waals surface area (Å²) in [7, 11) is 1.27. The summed E-state index contributed by atoms with van der Waals surface area (Å²) in [5.41, 5.74) is 6.34. The Hall–Kier alpha value is -1.42. The minimum absolute atomic E-state index is 0.371. The van der Waals surface area contributed by atoms with Gasteiger partial charge in [0.1, 0.15) is 0 Å². The number of nitrogen functional groups attached to an aromatic ring is 1. The van der Waals surface area contributed by atoms with Gasteiger partial charge in [0.25, 0.3) is 0 Å². The molecule has 1 aromatic carbocycles. The van der Waals surface area contributed by atoms with Crippen molar-refractivity contribution in [2.45, 2.75) is 0 Å². The lowest BCUT2D eigenvalue weighted by Crippen LogP contribution is -2.12. The molecule has 13 heavy (non-hydrogen) atoms. The number of hydrogen-bond donors (Lipinski definition) is 2. The first-order valence-corrected chi connectivity index (χ1v) is 3.92. The molecule has 0 aliphatic rings. The molecule has 0 aliphatic heterocycles. The van der Waals surface area contributed by atoms with Gasteiger partial charge < -0.3 is 10.5 Å². The third-order valence-corrected chi connectivity index (χ3v) is 1.77. The zero-order valence-electron chi connectivity index (χ0n) is 7.00. The van der Waals surface area contributed by atoms with Gasteiger partial charge in [0.2, 0.25) is 0 Å². The Morgan fingerprint density at radius 3 is 2.85 bits per heavy atom. The first-order valence-electron chi connectivity index (χ1n) is 3.54. The van der Waals surface area contributed by atoms with Crippen molar-refractivity contribution in [3.05, 3.63) is 23.2 Å². The van der Waals surface area contributed by atoms with Crippen molar-refractivity contribution in [1.29, 1.82) is 0 Å². The SMILES string of the molecule is COC(=O)Nc1c(N)cccc1Cl. The molecular formula is C8H9ClN2O2. The second kappa shape index (κ2) is 4.00. The van der Waals surface area contributed by atoms with Crippen LogP contribution in [0.3, 0.4) is 0 Å². The molecule has 1 rings (SSSR count). The second-order valence-corrected chi connectivity index (χ2v) is 2.73. The molecule has 0 spiro atoms. The van der Waals surface area contributed by atoms with Gasteiger partial charge in [-0.15, -0.1) is 0 Å². The number of nitrogens with two attached hydrogens (primary N) is 1. The van der Waals surface area contributed by atoms with Gasteiger partial charge in [0.15, 0.2) is 0 Å². The summed E-state index contributed by atoms with van der Waals surface area (Å²) in [4.78, 5) is 10.8. The first kappa shape index (κ1) is 9.67. The number of benzene rings is 1. The van der Waals surface area contributed by atoms with Gasteiger partial charge in [-0.05, 0) is 12.1 Å². The van der Waals surface area contributed by atoms with E-state index in [9.17, 15) is 4.79 Å². The van der Waals surface area contributed by atoms with Crippen molar-refractivity contribution < 1.29 is 9.53 Å². The van der Waals surface area contributed by atoms with Crippen LogP contribution in [-0.4, -0.2) is 13.2 Å². The van der Waals surface area contributed by atoms with Gasteiger partial charge in [-0.3, -0.25) is 5.32 Å². The predicted octanol–water partition coefficient (Wildman–Crippen LogP) is 2.10. The molecular weight excluding hydrogens is 192 g/mol. The number of ether oxygens (including phenoxy) is 1. The number of amides is 1. The van der Waals surface area contributed by atoms with E-state index >= 15 is 0 Å². The van der Waals surface area contributed by atoms with Crippen molar-refractivity contribution in [1.82, 2.24) is 0 Å². The highest BCUT2D eigenvalue weighted by atomic mass is 35.5. The number of halogens is 1. The molecule has 0 aliphatic carbocycles. The zero-order valence-corrected chi connectivity index (χ0v) is 7.76. The Morgan fingerprint density at radius 1 is 1.62 bits per heavy atom. The summed E-state index contributed by atoms with van der Waals surface area (Å²) < 4.78 is 4.40. The maximum Gasteiger partial charge on any atom is 0.411 e. The molecule has 0 aromatic heterocycles. The van der Waals surface area contributed by atoms with Gasteiger partial charge >= 0.3 is 6.09 Å². The number of rotatable bonds is 1. The smallest absolute Gasteiger partial charge is 0.411 e. The lowest BCUT2D eigenvalue weighted by Gasteiger charge is -2.07. The maximum absolute atomic E-state index is 10.8. The average Bonchev–Trinajstić information content (AvgIpc) is 2.11. The summed E-state index contributed by atoms with van der Waals surface area (Å²) >= 11 is 5.78. The van der Waals surface area contributed by atoms with Crippen molar-refractivity contribution in [2.24, 2.45) is 0 Å². The molecule has 1 aromatic rings. The number of para-hydroxylation sites is 1. The molecule has 0 saturated carbocycles. The largest absolute Gasteiger partial charge is 0.453 e. The van der Waals surface area contributed by atoms with Crippen LogP contribution >= 0.6 is 11.6 Å². The summed E-state index contributed by atoms with van der Waals surface area (Å²) in [6.45, 7) is 0. The predicted molar refractivity (Wildman–Crippen MR) is 51.9 cm³/mol. The number of anilines is 2. The summed E-state index contributed by atoms with van der Waals surface area (Å²) in [6.07, 6.45) is -0.597. The third-order valence-electron chi connectivity index (χ3n) is 1.46. The molecule has 0 fully saturated rings. The number of nitrogens with one attached hydrogen (secondary N) is 1. The van der Waals surface area contributed by atoms with Crippen LogP contribution in [0.2, 0.25) is 5.02 Å². The van der Waals surface area contributed by atoms with Gasteiger partial charge in [0, 0.05) is 0 Å². The molecule has 0 saturated heterocycles. The fraction of sp³-hybridized carbons (Fsp3) is 0.125. The minimum atomic E-state index is -0.597. The quantitative estimate of drug-likeness (QED) is 0.683. The third kappa shape index (κ3) is 2.26. The monoisotopic (exact) mass is 200 g/mol. The fourth-order valence-corrected chi connectivity index (χ4v) is 1.05. The summed E-state index contributed by atoms with van der Waals surface area (Å²) in [5.74, 6) is 0. The van der Waals surface area contributed by atoms with Crippen molar-refractivity contribution in [3.63, 3.8) is 0 Å². The number of carbonyl (C=O) groups excluding carboxylic acids is 1. The fourth-order valence-electron chi connectivity index (χ4n) is 0.826. The number of methoxy groups -OCH3 is 1. The highest BCUT2D eigenvalue weighted by molar-refractivity contribution is 6.34. The van der Waals surface area contributed by atoms with Gasteiger partial charge in [-0.2, -0.15) is 0 Å². The molecule has 3 N–H and O–H groups in total. The molecule has 70 valence electrons. The van der Waals surface area contributed by atoms with Crippen molar-refractivity contribution in [2.75, 3.05) is 18.2 Å². The standard InChI is InChI=1S/C8H9ClN2O2/c1-13-8(12)11-7-5(9)3-2-4-6(7)10/h2-4H,10H2,1H3,(H,11,12). The van der Waals surface area contributed by atoms with E-state index < -0.39 is 6.09 Å². The first-order chi connectivity index (χ1) is 6.15. The van der Waals surface area contributed by atoms with E-state index in [1.807, 2.05) is 0 Å². The van der Waals surface area contributed by atoms with E-state index in [-0.39, 0.29) is 0 Å². The van der Waals surface area contributed by atoms with Gasteiger partial charge in [-0.1, -0.05) is 17.7 Å². The number of carbonyl (C=O) groups is 1. The second-order valence-electron chi connectivity index (χ2n) is 2.32. The van der Waals surface area contributed by atoms with E-state index in [0.29, 0.717) is 16.4 Å². The van der Waals surface area contributed by atoms with Crippen LogP contribution in [0.4, 0.5) is 16.2 Å². The van der Waals surface area contributed by atoms with E-state index in [1.165, 1.54) is 7.11 Å². The Labute approximate surface area is 80.6 Å². The molecule has 0 radical (unpaired) electrons. The van der Waals surface area contributed by atoms with Crippen LogP contribution in [0.25, 0.3) is 0 Å². The van der Waals surface area contributed by atoms with Crippen LogP contribution in [-0.2, 0) is 4.74 Å². The lowest BCUT2D eigenvalue weighted by atomic mass is 10.3. The van der Waals surface area contributed by atoms with Crippen LogP contribution in [0.5, 0.6) is 0 Å². The number of hydrogen-bond acceptors (Lipinski definition) is 3. The van der Waals surface area contributed by atoms with E-state index in [2.05, 4.69) is 10.1 Å². The van der Waals surface area contributed by atoms with E-state index in [4.69, 9.17) is 17.3 Å². The Bertz CT molecular complexity index is 308. The molecule has 0 unspecified atom stereocenters. The Balaban J connectivity index is 2.93. The highest BCUT2D eigenvalue weighted by Crippen LogP contribution is 2.27. The summed E-state index contributed by atoms with van der Waals surface area (Å²) in [6, 6.07) is 4.96. The van der Waals surface area contributed by atoms with E-state index in [1.54, 1.807) is 18.2 Å². The Morgan fingerprint density at radius 2 is 2.31 bits per heavy atom. The molecule has 0 atom stereocenters. The summed E-state index contributed by atoms with van der Waals surface area (Å²) in [5, 5.41) is 2.79. The van der Waals surface area contributed by atoms with Crippen LogP contribution in [0, 0.1) is 0 Å². The van der Waals surface area contributed by atoms with Crippen LogP contribution in [0.15, 0.2) is 18.2 Å². The topological polar surface area (TPSA) is 64.3 Å². The molecule has 5 heteroatoms. The lowest BCUT2D eigenvalue weighted by molar-refractivity contribution is 0.187. The van der Waals surface area contributed by atoms with Crippen molar-refractivity contribution in [3.8, 4) is 0 Å². The van der Waals surface area contributed by atoms with Crippen molar-refractivity contribution >= 4 is 29.1 Å². The van der Waals surface area contributed by atoms with E-state index in [0.717, 1.165) is 0 Å². The zero-order chi connectivity index (χ0) is 9.84. The Kier molecular flexibility index (Phi) is 2.97. The highest BCUT2D eigenvalue weighted by Gasteiger charge is 2.07.